The minimum Gasteiger partial charge on any atom is -0.465 e. The van der Waals surface area contributed by atoms with Gasteiger partial charge in [-0.1, -0.05) is 13.2 Å². The van der Waals surface area contributed by atoms with E-state index in [1.54, 1.807) is 31.1 Å². The standard InChI is InChI=1S/C19H27NO4S.C13H19BO4S.C13H20F3NO5S/c1-12(16-13(2)15(11-25-16)17(21)23-6)14-7-9-20(10-8-14)18(22)24-19(3,4)5;1-8-9(11(15)16-6)7-19-10(8)14-17-12(2,3)13(4,5)18-14;1-9(22-23(19,20)13(14,15)16)10-5-7-17(8-6-10)11(18)21-12(2,3)4/h11,14H,1,7-10H2,2-6H3;7H,1-6H3;10H,1,5-8H2,2-4H3. The Balaban J connectivity index is 0.000000269. The molecule has 0 N–H and O–H groups in total. The molecule has 0 aliphatic carbocycles. The second-order valence-corrected chi connectivity index (χ2v) is 22.6. The van der Waals surface area contributed by atoms with Gasteiger partial charge in [-0.05, 0) is 131 Å². The van der Waals surface area contributed by atoms with E-state index in [0.29, 0.717) is 30.1 Å². The molecule has 0 radical (unpaired) electrons. The minimum atomic E-state index is -5.70. The quantitative estimate of drug-likeness (QED) is 0.0611. The molecule has 0 saturated carbocycles. The number of allylic oxidation sites excluding steroid dienone is 2. The van der Waals surface area contributed by atoms with Crippen molar-refractivity contribution in [1.29, 1.82) is 0 Å². The van der Waals surface area contributed by atoms with Crippen LogP contribution in [0.1, 0.15) is 132 Å². The predicted octanol–water partition coefficient (Wildman–Crippen LogP) is 9.66. The summed E-state index contributed by atoms with van der Waals surface area (Å²) in [5.41, 5.74) is -3.34. The second-order valence-electron chi connectivity index (χ2n) is 19.3. The van der Waals surface area contributed by atoms with Crippen molar-refractivity contribution in [3.8, 4) is 0 Å². The molecular weight excluding hydrogens is 941 g/mol. The fourth-order valence-corrected chi connectivity index (χ4v) is 9.50. The van der Waals surface area contributed by atoms with Crippen molar-refractivity contribution in [2.75, 3.05) is 40.4 Å². The number of hydrogen-bond donors (Lipinski definition) is 0. The van der Waals surface area contributed by atoms with E-state index in [1.807, 2.05) is 67.7 Å². The molecule has 22 heteroatoms. The Kier molecular flexibility index (Phi) is 18.9. The summed E-state index contributed by atoms with van der Waals surface area (Å²) in [6.45, 7) is 31.9. The van der Waals surface area contributed by atoms with Crippen LogP contribution < -0.4 is 4.78 Å². The van der Waals surface area contributed by atoms with Gasteiger partial charge in [0.2, 0.25) is 0 Å². The summed E-state index contributed by atoms with van der Waals surface area (Å²) in [4.78, 5) is 51.6. The average molecular weight is 1010 g/mol. The minimum absolute atomic E-state index is 0.216. The molecule has 0 aromatic carbocycles. The van der Waals surface area contributed by atoms with Crippen molar-refractivity contribution in [3.05, 3.63) is 56.8 Å². The van der Waals surface area contributed by atoms with Crippen molar-refractivity contribution in [1.82, 2.24) is 9.80 Å². The molecule has 3 fully saturated rings. The fraction of sp³-hybridized carbons (Fsp3) is 0.644. The van der Waals surface area contributed by atoms with E-state index in [1.165, 1.54) is 41.8 Å². The van der Waals surface area contributed by atoms with Gasteiger partial charge in [-0.2, -0.15) is 32.9 Å². The number of ether oxygens (including phenoxy) is 4. The maximum Gasteiger partial charge on any atom is 0.534 e. The number of methoxy groups -OCH3 is 2. The van der Waals surface area contributed by atoms with Crippen LogP contribution in [-0.2, 0) is 42.6 Å². The van der Waals surface area contributed by atoms with E-state index in [9.17, 15) is 40.8 Å². The molecule has 0 bridgehead atoms. The Bertz CT molecular complexity index is 2210. The lowest BCUT2D eigenvalue weighted by molar-refractivity contribution is -0.0528. The van der Waals surface area contributed by atoms with Crippen molar-refractivity contribution >= 4 is 74.4 Å². The van der Waals surface area contributed by atoms with Crippen LogP contribution in [-0.4, -0.2) is 118 Å². The molecule has 5 heterocycles. The summed E-state index contributed by atoms with van der Waals surface area (Å²) in [5.74, 6) is -1.37. The monoisotopic (exact) mass is 1010 g/mol. The summed E-state index contributed by atoms with van der Waals surface area (Å²) in [6, 6.07) is 0. The third-order valence-electron chi connectivity index (χ3n) is 11.4. The van der Waals surface area contributed by atoms with Crippen LogP contribution in [0.4, 0.5) is 22.8 Å². The summed E-state index contributed by atoms with van der Waals surface area (Å²) < 4.78 is 95.8. The molecular formula is C45H66BF3N2O13S3. The van der Waals surface area contributed by atoms with Crippen molar-refractivity contribution in [3.63, 3.8) is 0 Å². The van der Waals surface area contributed by atoms with E-state index < -0.39 is 51.7 Å². The number of likely N-dealkylation sites (tertiary alicyclic amines) is 2. The zero-order chi connectivity index (χ0) is 51.2. The lowest BCUT2D eigenvalue weighted by Gasteiger charge is -2.34. The number of thiophene rings is 2. The number of amides is 2. The molecule has 2 aromatic rings. The largest absolute Gasteiger partial charge is 0.534 e. The lowest BCUT2D eigenvalue weighted by Crippen LogP contribution is -2.42. The van der Waals surface area contributed by atoms with Gasteiger partial charge in [-0.15, -0.1) is 11.3 Å². The number of rotatable bonds is 8. The number of halogens is 3. The van der Waals surface area contributed by atoms with Gasteiger partial charge in [0.1, 0.15) is 17.0 Å². The van der Waals surface area contributed by atoms with Crippen LogP contribution in [0.3, 0.4) is 0 Å². The van der Waals surface area contributed by atoms with Gasteiger partial charge in [0.05, 0.1) is 36.5 Å². The van der Waals surface area contributed by atoms with E-state index in [4.69, 9.17) is 28.3 Å². The molecule has 376 valence electrons. The fourth-order valence-electron chi connectivity index (χ4n) is 6.86. The number of hydrogen-bond acceptors (Lipinski definition) is 15. The Hall–Kier alpha value is -4.12. The van der Waals surface area contributed by atoms with Gasteiger partial charge in [0.25, 0.3) is 0 Å². The SMILES string of the molecule is C=C(OS(=O)(=O)C(F)(F)F)C1CCN(C(=O)OC(C)(C)C)CC1.C=C(c1scc(C(=O)OC)c1C)C1CCN(C(=O)OC(C)(C)C)CC1.COC(=O)c1csc(B2OC(C)(C)C(C)(C)O2)c1C. The van der Waals surface area contributed by atoms with Crippen LogP contribution in [0.15, 0.2) is 29.7 Å². The summed E-state index contributed by atoms with van der Waals surface area (Å²) in [7, 11) is -3.36. The Morgan fingerprint density at radius 1 is 0.716 bits per heavy atom. The molecule has 5 rings (SSSR count). The first-order valence-corrected chi connectivity index (χ1v) is 24.8. The maximum absolute atomic E-state index is 12.3. The normalized spacial score (nSPS) is 17.8. The van der Waals surface area contributed by atoms with E-state index in [0.717, 1.165) is 39.2 Å². The first kappa shape index (κ1) is 57.2. The lowest BCUT2D eigenvalue weighted by atomic mass is 9.84. The first-order chi connectivity index (χ1) is 30.6. The number of alkyl halides is 3. The molecule has 3 saturated heterocycles. The number of nitrogens with zero attached hydrogens (tertiary/aromatic N) is 2. The van der Waals surface area contributed by atoms with Crippen molar-refractivity contribution in [2.45, 2.75) is 137 Å². The van der Waals surface area contributed by atoms with Gasteiger partial charge in [0.15, 0.2) is 0 Å². The Morgan fingerprint density at radius 2 is 1.10 bits per heavy atom. The van der Waals surface area contributed by atoms with Crippen molar-refractivity contribution in [2.24, 2.45) is 11.8 Å². The van der Waals surface area contributed by atoms with Crippen molar-refractivity contribution < 1.29 is 73.2 Å². The molecule has 0 unspecified atom stereocenters. The summed E-state index contributed by atoms with van der Waals surface area (Å²) in [6.07, 6.45) is 1.41. The highest BCUT2D eigenvalue weighted by atomic mass is 32.2. The molecule has 2 aromatic heterocycles. The smallest absolute Gasteiger partial charge is 0.465 e. The van der Waals surface area contributed by atoms with E-state index >= 15 is 0 Å². The van der Waals surface area contributed by atoms with Gasteiger partial charge in [-0.25, -0.2) is 19.2 Å². The highest BCUT2D eigenvalue weighted by Crippen LogP contribution is 2.39. The molecule has 2 amide bonds. The molecule has 15 nitrogen and oxygen atoms in total. The van der Waals surface area contributed by atoms with Crippen LogP contribution in [0.5, 0.6) is 0 Å². The predicted molar refractivity (Wildman–Crippen MR) is 252 cm³/mol. The second kappa shape index (κ2) is 22.1. The Labute approximate surface area is 401 Å². The number of piperidine rings is 2. The third kappa shape index (κ3) is 15.2. The maximum atomic E-state index is 12.3. The third-order valence-corrected chi connectivity index (χ3v) is 14.7. The molecule has 0 spiro atoms. The van der Waals surface area contributed by atoms with Crippen LogP contribution in [0.25, 0.3) is 5.57 Å². The molecule has 3 aliphatic rings. The summed E-state index contributed by atoms with van der Waals surface area (Å²) >= 11 is 3.00. The molecule has 67 heavy (non-hydrogen) atoms. The van der Waals surface area contributed by atoms with Crippen LogP contribution in [0.2, 0.25) is 0 Å². The molecule has 0 atom stereocenters. The van der Waals surface area contributed by atoms with Gasteiger partial charge in [0, 0.05) is 52.5 Å². The summed E-state index contributed by atoms with van der Waals surface area (Å²) in [5, 5.41) is 3.62. The van der Waals surface area contributed by atoms with E-state index in [2.05, 4.69) is 17.3 Å². The highest BCUT2D eigenvalue weighted by molar-refractivity contribution is 7.87. The number of carbonyl (C=O) groups excluding carboxylic acids is 4. The Morgan fingerprint density at radius 3 is 1.49 bits per heavy atom. The first-order valence-electron chi connectivity index (χ1n) is 21.6. The van der Waals surface area contributed by atoms with Crippen LogP contribution >= 0.6 is 22.7 Å². The number of esters is 2. The van der Waals surface area contributed by atoms with Crippen LogP contribution in [0, 0.1) is 25.7 Å². The number of carbonyl (C=O) groups is 4. The zero-order valence-electron chi connectivity index (χ0n) is 41.0. The zero-order valence-corrected chi connectivity index (χ0v) is 43.5. The molecule has 3 aliphatic heterocycles. The van der Waals surface area contributed by atoms with Gasteiger partial charge >= 0.3 is 46.9 Å². The average Bonchev–Trinajstić information content (AvgIpc) is 3.86. The van der Waals surface area contributed by atoms with Gasteiger partial charge in [-0.3, -0.25) is 0 Å². The van der Waals surface area contributed by atoms with Gasteiger partial charge < -0.3 is 42.2 Å². The topological polar surface area (TPSA) is 174 Å². The highest BCUT2D eigenvalue weighted by Gasteiger charge is 2.53. The van der Waals surface area contributed by atoms with E-state index in [-0.39, 0.29) is 55.2 Å².